The van der Waals surface area contributed by atoms with Gasteiger partial charge in [-0.25, -0.2) is 4.98 Å². The van der Waals surface area contributed by atoms with Crippen LogP contribution in [0, 0.1) is 18.3 Å². The van der Waals surface area contributed by atoms with Crippen molar-refractivity contribution in [3.05, 3.63) is 24.3 Å². The van der Waals surface area contributed by atoms with Crippen molar-refractivity contribution < 1.29 is 4.79 Å². The molecule has 1 atom stereocenters. The van der Waals surface area contributed by atoms with Gasteiger partial charge in [-0.3, -0.25) is 4.79 Å². The number of hydrogen-bond acceptors (Lipinski definition) is 4. The second-order valence-corrected chi connectivity index (χ2v) is 6.18. The molecule has 0 unspecified atom stereocenters. The van der Waals surface area contributed by atoms with Crippen LogP contribution in [0.3, 0.4) is 0 Å². The number of amides is 1. The molecule has 1 fully saturated rings. The van der Waals surface area contributed by atoms with E-state index in [1.807, 2.05) is 18.2 Å². The van der Waals surface area contributed by atoms with Gasteiger partial charge in [-0.2, -0.15) is 0 Å². The Morgan fingerprint density at radius 1 is 1.52 bits per heavy atom. The molecule has 2 heterocycles. The molecule has 0 radical (unpaired) electrons. The summed E-state index contributed by atoms with van der Waals surface area (Å²) in [5.41, 5.74) is 1.02. The van der Waals surface area contributed by atoms with E-state index < -0.39 is 0 Å². The number of nitrogens with one attached hydrogen (secondary N) is 1. The molecular formula is C16H17N3OS. The summed E-state index contributed by atoms with van der Waals surface area (Å²) in [6, 6.07) is 8.13. The van der Waals surface area contributed by atoms with E-state index in [9.17, 15) is 4.79 Å². The van der Waals surface area contributed by atoms with Crippen molar-refractivity contribution in [2.45, 2.75) is 12.8 Å². The van der Waals surface area contributed by atoms with Crippen molar-refractivity contribution in [2.24, 2.45) is 5.92 Å². The van der Waals surface area contributed by atoms with Crippen LogP contribution in [0.5, 0.6) is 0 Å². The Bertz CT molecular complexity index is 655. The molecule has 0 spiro atoms. The molecule has 5 heteroatoms. The van der Waals surface area contributed by atoms with Gasteiger partial charge >= 0.3 is 0 Å². The highest BCUT2D eigenvalue weighted by Gasteiger charge is 2.27. The van der Waals surface area contributed by atoms with Crippen LogP contribution in [0.1, 0.15) is 12.8 Å². The van der Waals surface area contributed by atoms with Gasteiger partial charge in [-0.15, -0.1) is 6.42 Å². The van der Waals surface area contributed by atoms with E-state index in [0.717, 1.165) is 36.6 Å². The largest absolute Gasteiger partial charge is 0.347 e. The summed E-state index contributed by atoms with van der Waals surface area (Å²) < 4.78 is 1.19. The molecule has 4 nitrogen and oxygen atoms in total. The maximum absolute atomic E-state index is 12.1. The van der Waals surface area contributed by atoms with Gasteiger partial charge in [0, 0.05) is 13.1 Å². The number of thiazole rings is 1. The third-order valence-electron chi connectivity index (χ3n) is 3.71. The van der Waals surface area contributed by atoms with Gasteiger partial charge in [0.2, 0.25) is 5.91 Å². The Hall–Kier alpha value is -2.06. The van der Waals surface area contributed by atoms with E-state index in [4.69, 9.17) is 6.42 Å². The van der Waals surface area contributed by atoms with Crippen LogP contribution in [-0.4, -0.2) is 30.5 Å². The number of benzene rings is 1. The highest BCUT2D eigenvalue weighted by atomic mass is 32.1. The van der Waals surface area contributed by atoms with Crippen LogP contribution in [0.4, 0.5) is 5.13 Å². The highest BCUT2D eigenvalue weighted by molar-refractivity contribution is 7.22. The summed E-state index contributed by atoms with van der Waals surface area (Å²) in [6.07, 6.45) is 7.10. The van der Waals surface area contributed by atoms with Crippen molar-refractivity contribution >= 4 is 32.6 Å². The lowest BCUT2D eigenvalue weighted by atomic mass is 9.97. The van der Waals surface area contributed by atoms with Crippen LogP contribution < -0.4 is 10.2 Å². The molecule has 1 N–H and O–H groups in total. The zero-order chi connectivity index (χ0) is 14.7. The van der Waals surface area contributed by atoms with Gasteiger partial charge in [0.25, 0.3) is 0 Å². The first-order valence-electron chi connectivity index (χ1n) is 7.09. The topological polar surface area (TPSA) is 45.2 Å². The fourth-order valence-corrected chi connectivity index (χ4v) is 3.64. The zero-order valence-corrected chi connectivity index (χ0v) is 12.5. The monoisotopic (exact) mass is 299 g/mol. The van der Waals surface area contributed by atoms with E-state index in [0.29, 0.717) is 6.54 Å². The maximum atomic E-state index is 12.1. The lowest BCUT2D eigenvalue weighted by Gasteiger charge is -2.31. The lowest BCUT2D eigenvalue weighted by Crippen LogP contribution is -2.43. The number of carbonyl (C=O) groups is 1. The van der Waals surface area contributed by atoms with E-state index in [1.54, 1.807) is 11.3 Å². The first-order valence-corrected chi connectivity index (χ1v) is 7.91. The number of carbonyl (C=O) groups excluding carboxylic acids is 1. The molecule has 1 aliphatic rings. The van der Waals surface area contributed by atoms with E-state index in [-0.39, 0.29) is 11.8 Å². The molecule has 1 amide bonds. The van der Waals surface area contributed by atoms with Gasteiger partial charge in [0.15, 0.2) is 5.13 Å². The van der Waals surface area contributed by atoms with Crippen molar-refractivity contribution in [1.82, 2.24) is 10.3 Å². The summed E-state index contributed by atoms with van der Waals surface area (Å²) in [7, 11) is 0. The van der Waals surface area contributed by atoms with Crippen molar-refractivity contribution in [3.8, 4) is 12.3 Å². The number of piperidine rings is 1. The number of anilines is 1. The number of terminal acetylenes is 1. The lowest BCUT2D eigenvalue weighted by molar-refractivity contribution is -0.124. The van der Waals surface area contributed by atoms with Gasteiger partial charge < -0.3 is 10.2 Å². The fourth-order valence-electron chi connectivity index (χ4n) is 2.64. The van der Waals surface area contributed by atoms with Crippen LogP contribution in [-0.2, 0) is 4.79 Å². The number of rotatable bonds is 3. The second kappa shape index (κ2) is 6.15. The predicted molar refractivity (Wildman–Crippen MR) is 86.4 cm³/mol. The molecular weight excluding hydrogens is 282 g/mol. The van der Waals surface area contributed by atoms with E-state index in [2.05, 4.69) is 27.2 Å². The first kappa shape index (κ1) is 13.9. The zero-order valence-electron chi connectivity index (χ0n) is 11.7. The fraction of sp³-hybridized carbons (Fsp3) is 0.375. The molecule has 1 aromatic heterocycles. The average molecular weight is 299 g/mol. The minimum Gasteiger partial charge on any atom is -0.347 e. The van der Waals surface area contributed by atoms with Crippen LogP contribution >= 0.6 is 11.3 Å². The van der Waals surface area contributed by atoms with Crippen LogP contribution in [0.2, 0.25) is 0 Å². The van der Waals surface area contributed by atoms with Crippen molar-refractivity contribution in [2.75, 3.05) is 24.5 Å². The van der Waals surface area contributed by atoms with E-state index >= 15 is 0 Å². The Balaban J connectivity index is 1.73. The second-order valence-electron chi connectivity index (χ2n) is 5.17. The Labute approximate surface area is 128 Å². The van der Waals surface area contributed by atoms with E-state index in [1.165, 1.54) is 4.70 Å². The Morgan fingerprint density at radius 2 is 2.38 bits per heavy atom. The molecule has 3 rings (SSSR count). The summed E-state index contributed by atoms with van der Waals surface area (Å²) in [5.74, 6) is 2.50. The molecule has 1 aliphatic heterocycles. The molecule has 0 saturated carbocycles. The standard InChI is InChI=1S/C16H17N3OS/c1-2-9-17-15(20)12-6-5-10-19(11-12)16-18-13-7-3-4-8-14(13)21-16/h1,3-4,7-8,12H,5-6,9-11H2,(H,17,20)/t12-/m1/s1. The molecule has 1 aromatic carbocycles. The Kier molecular flexibility index (Phi) is 4.07. The number of para-hydroxylation sites is 1. The quantitative estimate of drug-likeness (QED) is 0.884. The number of nitrogens with zero attached hydrogens (tertiary/aromatic N) is 2. The van der Waals surface area contributed by atoms with Crippen LogP contribution in [0.15, 0.2) is 24.3 Å². The summed E-state index contributed by atoms with van der Waals surface area (Å²) in [6.45, 7) is 1.98. The molecule has 2 aromatic rings. The molecule has 108 valence electrons. The maximum Gasteiger partial charge on any atom is 0.225 e. The van der Waals surface area contributed by atoms with Crippen molar-refractivity contribution in [1.29, 1.82) is 0 Å². The molecule has 0 bridgehead atoms. The summed E-state index contributed by atoms with van der Waals surface area (Å²) >= 11 is 1.69. The highest BCUT2D eigenvalue weighted by Crippen LogP contribution is 2.31. The summed E-state index contributed by atoms with van der Waals surface area (Å²) in [5, 5.41) is 3.79. The molecule has 1 saturated heterocycles. The SMILES string of the molecule is C#CCNC(=O)[C@@H]1CCCN(c2nc3ccccc3s2)C1. The normalized spacial score (nSPS) is 18.4. The van der Waals surface area contributed by atoms with Gasteiger partial charge in [-0.05, 0) is 25.0 Å². The number of fused-ring (bicyclic) bond motifs is 1. The van der Waals surface area contributed by atoms with Gasteiger partial charge in [0.05, 0.1) is 22.7 Å². The predicted octanol–water partition coefficient (Wildman–Crippen LogP) is 2.26. The molecule has 0 aliphatic carbocycles. The third kappa shape index (κ3) is 3.01. The Morgan fingerprint density at radius 3 is 3.19 bits per heavy atom. The minimum absolute atomic E-state index is 0.000822. The molecule has 21 heavy (non-hydrogen) atoms. The first-order chi connectivity index (χ1) is 10.3. The third-order valence-corrected chi connectivity index (χ3v) is 4.81. The van der Waals surface area contributed by atoms with Crippen molar-refractivity contribution in [3.63, 3.8) is 0 Å². The van der Waals surface area contributed by atoms with Crippen LogP contribution in [0.25, 0.3) is 10.2 Å². The minimum atomic E-state index is -0.000822. The number of aromatic nitrogens is 1. The summed E-state index contributed by atoms with van der Waals surface area (Å²) in [4.78, 5) is 18.9. The smallest absolute Gasteiger partial charge is 0.225 e. The number of hydrogen-bond donors (Lipinski definition) is 1. The average Bonchev–Trinajstić information content (AvgIpc) is 2.97. The van der Waals surface area contributed by atoms with Gasteiger partial charge in [-0.1, -0.05) is 29.4 Å². The van der Waals surface area contributed by atoms with Gasteiger partial charge in [0.1, 0.15) is 0 Å².